The topological polar surface area (TPSA) is 91.0 Å². The van der Waals surface area contributed by atoms with Gasteiger partial charge in [0.15, 0.2) is 0 Å². The summed E-state index contributed by atoms with van der Waals surface area (Å²) in [5, 5.41) is 0.666. The first-order valence-corrected chi connectivity index (χ1v) is 6.39. The Morgan fingerprint density at radius 3 is 2.89 bits per heavy atom. The number of carbonyl (C=O) groups is 1. The lowest BCUT2D eigenvalue weighted by Gasteiger charge is -2.08. The maximum atomic E-state index is 11.9. The molecule has 7 heteroatoms. The van der Waals surface area contributed by atoms with Crippen molar-refractivity contribution in [2.45, 2.75) is 16.8 Å². The van der Waals surface area contributed by atoms with Crippen LogP contribution in [0.1, 0.15) is 17.3 Å². The highest BCUT2D eigenvalue weighted by molar-refractivity contribution is 7.99. The monoisotopic (exact) mass is 276 g/mol. The van der Waals surface area contributed by atoms with Gasteiger partial charge in [-0.15, -0.1) is 0 Å². The molecule has 0 amide bonds. The first-order chi connectivity index (χ1) is 9.20. The summed E-state index contributed by atoms with van der Waals surface area (Å²) in [5.74, 6) is -0.158. The van der Waals surface area contributed by atoms with Crippen molar-refractivity contribution < 1.29 is 9.53 Å². The van der Waals surface area contributed by atoms with Crippen LogP contribution >= 0.6 is 11.8 Å². The number of esters is 1. The fourth-order valence-electron chi connectivity index (χ4n) is 1.36. The van der Waals surface area contributed by atoms with Crippen molar-refractivity contribution in [3.05, 3.63) is 36.4 Å². The lowest BCUT2D eigenvalue weighted by atomic mass is 10.2. The summed E-state index contributed by atoms with van der Waals surface area (Å²) in [5.41, 5.74) is 5.98. The Morgan fingerprint density at radius 1 is 1.37 bits per heavy atom. The molecule has 2 rings (SSSR count). The normalized spacial score (nSPS) is 10.2. The molecule has 98 valence electrons. The third-order valence-electron chi connectivity index (χ3n) is 2.14. The molecule has 0 saturated carbocycles. The van der Waals surface area contributed by atoms with Gasteiger partial charge >= 0.3 is 5.97 Å². The Bertz CT molecular complexity index is 577. The first kappa shape index (κ1) is 13.3. The number of hydrogen-bond donors (Lipinski definition) is 1. The van der Waals surface area contributed by atoms with Gasteiger partial charge in [-0.2, -0.15) is 0 Å². The van der Waals surface area contributed by atoms with E-state index in [2.05, 4.69) is 15.0 Å². The van der Waals surface area contributed by atoms with Gasteiger partial charge in [-0.05, 0) is 13.0 Å². The van der Waals surface area contributed by atoms with Crippen molar-refractivity contribution in [2.24, 2.45) is 0 Å². The number of carbonyl (C=O) groups excluding carboxylic acids is 1. The molecular formula is C12H12N4O2S. The molecule has 0 aliphatic rings. The number of ether oxygens (including phenoxy) is 1. The van der Waals surface area contributed by atoms with Crippen molar-refractivity contribution >= 4 is 23.5 Å². The van der Waals surface area contributed by atoms with Crippen LogP contribution in [0.5, 0.6) is 0 Å². The number of hydrogen-bond acceptors (Lipinski definition) is 7. The van der Waals surface area contributed by atoms with E-state index in [0.29, 0.717) is 22.1 Å². The van der Waals surface area contributed by atoms with E-state index in [-0.39, 0.29) is 5.82 Å². The second-order valence-electron chi connectivity index (χ2n) is 3.47. The largest absolute Gasteiger partial charge is 0.462 e. The van der Waals surface area contributed by atoms with E-state index < -0.39 is 5.97 Å². The predicted molar refractivity (Wildman–Crippen MR) is 70.8 cm³/mol. The van der Waals surface area contributed by atoms with E-state index >= 15 is 0 Å². The van der Waals surface area contributed by atoms with Gasteiger partial charge in [0, 0.05) is 23.5 Å². The lowest BCUT2D eigenvalue weighted by Crippen LogP contribution is -2.08. The Balaban J connectivity index is 2.32. The maximum absolute atomic E-state index is 11.9. The van der Waals surface area contributed by atoms with Crippen LogP contribution in [0, 0.1) is 0 Å². The summed E-state index contributed by atoms with van der Waals surface area (Å²) in [7, 11) is 0. The minimum absolute atomic E-state index is 0.270. The third kappa shape index (κ3) is 3.41. The summed E-state index contributed by atoms with van der Waals surface area (Å²) in [6, 6.07) is 1.50. The summed E-state index contributed by atoms with van der Waals surface area (Å²) in [6.45, 7) is 2.05. The molecule has 0 bridgehead atoms. The molecule has 0 saturated heterocycles. The fourth-order valence-corrected chi connectivity index (χ4v) is 2.17. The molecule has 6 nitrogen and oxygen atoms in total. The van der Waals surface area contributed by atoms with Crippen LogP contribution in [0.15, 0.2) is 40.8 Å². The third-order valence-corrected chi connectivity index (χ3v) is 3.10. The Hall–Kier alpha value is -2.15. The van der Waals surface area contributed by atoms with Crippen LogP contribution in [0.2, 0.25) is 0 Å². The van der Waals surface area contributed by atoms with Gasteiger partial charge < -0.3 is 10.5 Å². The Kier molecular flexibility index (Phi) is 4.30. The van der Waals surface area contributed by atoms with Gasteiger partial charge in [-0.25, -0.2) is 14.8 Å². The summed E-state index contributed by atoms with van der Waals surface area (Å²) < 4.78 is 4.99. The van der Waals surface area contributed by atoms with E-state index in [1.807, 2.05) is 0 Å². The molecule has 0 unspecified atom stereocenters. The van der Waals surface area contributed by atoms with E-state index in [4.69, 9.17) is 10.5 Å². The van der Waals surface area contributed by atoms with Gasteiger partial charge in [0.05, 0.1) is 18.4 Å². The molecular weight excluding hydrogens is 264 g/mol. The highest BCUT2D eigenvalue weighted by Gasteiger charge is 2.15. The van der Waals surface area contributed by atoms with Crippen LogP contribution in [-0.4, -0.2) is 27.5 Å². The molecule has 0 atom stereocenters. The minimum atomic E-state index is -0.428. The Morgan fingerprint density at radius 2 is 2.21 bits per heavy atom. The molecule has 0 spiro atoms. The number of rotatable bonds is 4. The quantitative estimate of drug-likeness (QED) is 0.851. The number of aromatic nitrogens is 3. The van der Waals surface area contributed by atoms with E-state index in [1.54, 1.807) is 25.5 Å². The van der Waals surface area contributed by atoms with Crippen molar-refractivity contribution in [3.8, 4) is 0 Å². The average molecular weight is 276 g/mol. The first-order valence-electron chi connectivity index (χ1n) is 5.57. The smallest absolute Gasteiger partial charge is 0.339 e. The molecule has 2 N–H and O–H groups in total. The van der Waals surface area contributed by atoms with E-state index in [1.165, 1.54) is 24.0 Å². The number of nitrogen functional groups attached to an aromatic ring is 1. The maximum Gasteiger partial charge on any atom is 0.339 e. The fraction of sp³-hybridized carbons (Fsp3) is 0.167. The zero-order valence-electron chi connectivity index (χ0n) is 10.2. The molecule has 0 radical (unpaired) electrons. The zero-order valence-corrected chi connectivity index (χ0v) is 11.1. The van der Waals surface area contributed by atoms with Crippen molar-refractivity contribution in [1.82, 2.24) is 15.0 Å². The highest BCUT2D eigenvalue weighted by Crippen LogP contribution is 2.29. The molecule has 0 fully saturated rings. The van der Waals surface area contributed by atoms with Crippen molar-refractivity contribution in [3.63, 3.8) is 0 Å². The molecule has 2 heterocycles. The number of anilines is 1. The van der Waals surface area contributed by atoms with Gasteiger partial charge in [-0.3, -0.25) is 4.98 Å². The number of pyridine rings is 1. The highest BCUT2D eigenvalue weighted by atomic mass is 32.2. The molecule has 2 aromatic heterocycles. The van der Waals surface area contributed by atoms with Crippen LogP contribution in [-0.2, 0) is 4.74 Å². The second-order valence-corrected chi connectivity index (χ2v) is 4.53. The number of nitrogens with zero attached hydrogens (tertiary/aromatic N) is 3. The minimum Gasteiger partial charge on any atom is -0.462 e. The van der Waals surface area contributed by atoms with Gasteiger partial charge in [0.25, 0.3) is 0 Å². The molecule has 0 aliphatic carbocycles. The standard InChI is InChI=1S/C12H12N4O2S/c1-2-18-12(17)8-5-10(13)16-6-9(8)19-11-7-14-3-4-15-11/h3-7H,2H2,1H3,(H2,13,16). The summed E-state index contributed by atoms with van der Waals surface area (Å²) in [6.07, 6.45) is 6.30. The van der Waals surface area contributed by atoms with Crippen molar-refractivity contribution in [1.29, 1.82) is 0 Å². The van der Waals surface area contributed by atoms with Crippen LogP contribution < -0.4 is 5.73 Å². The van der Waals surface area contributed by atoms with Crippen LogP contribution in [0.25, 0.3) is 0 Å². The average Bonchev–Trinajstić information content (AvgIpc) is 2.42. The summed E-state index contributed by atoms with van der Waals surface area (Å²) in [4.78, 5) is 24.6. The van der Waals surface area contributed by atoms with Gasteiger partial charge in [-0.1, -0.05) is 11.8 Å². The zero-order chi connectivity index (χ0) is 13.7. The van der Waals surface area contributed by atoms with Crippen molar-refractivity contribution in [2.75, 3.05) is 12.3 Å². The van der Waals surface area contributed by atoms with E-state index in [0.717, 1.165) is 0 Å². The van der Waals surface area contributed by atoms with Crippen LogP contribution in [0.3, 0.4) is 0 Å². The van der Waals surface area contributed by atoms with Gasteiger partial charge in [0.2, 0.25) is 0 Å². The molecule has 0 aromatic carbocycles. The van der Waals surface area contributed by atoms with Gasteiger partial charge in [0.1, 0.15) is 10.8 Å². The molecule has 19 heavy (non-hydrogen) atoms. The SMILES string of the molecule is CCOC(=O)c1cc(N)ncc1Sc1cnccn1. The van der Waals surface area contributed by atoms with Crippen LogP contribution in [0.4, 0.5) is 5.82 Å². The number of nitrogens with two attached hydrogens (primary N) is 1. The molecule has 0 aliphatic heterocycles. The Labute approximate surface area is 114 Å². The predicted octanol–water partition coefficient (Wildman–Crippen LogP) is 1.78. The lowest BCUT2D eigenvalue weighted by molar-refractivity contribution is 0.0522. The molecule has 2 aromatic rings. The summed E-state index contributed by atoms with van der Waals surface area (Å²) >= 11 is 1.28. The van der Waals surface area contributed by atoms with E-state index in [9.17, 15) is 4.79 Å². The second kappa shape index (κ2) is 6.14.